The first-order chi connectivity index (χ1) is 18.4. The van der Waals surface area contributed by atoms with Crippen LogP contribution < -0.4 is 26.4 Å². The standard InChI is InChI=1S/C26H28F2N6O3S/c1-37-20-11-29-19(23(27)28)8-17(20)16-9-21(34-12-14-6-15(7-14)25(34)36)30-10-18(16)24(35)31-26-33-32-22(38-26)5-4-13-2-3-13/h8-11,13-15,19,22-23,26,29,32-33H,2-3,6-7,12H2,1H3,(H,31,35). The molecule has 2 aliphatic carbocycles. The lowest BCUT2D eigenvalue weighted by Gasteiger charge is -2.45. The number of alkyl halides is 2. The lowest BCUT2D eigenvalue weighted by atomic mass is 9.70. The average molecular weight is 543 g/mol. The number of hydrogen-bond acceptors (Lipinski definition) is 8. The van der Waals surface area contributed by atoms with Gasteiger partial charge in [-0.05, 0) is 43.7 Å². The summed E-state index contributed by atoms with van der Waals surface area (Å²) in [5.41, 5.74) is 6.49. The monoisotopic (exact) mass is 542 g/mol. The number of hydrogen-bond donors (Lipinski definition) is 4. The number of nitrogens with one attached hydrogen (secondary N) is 4. The second-order valence-electron chi connectivity index (χ2n) is 10.1. The molecule has 3 atom stereocenters. The number of aromatic nitrogens is 1. The molecular weight excluding hydrogens is 514 g/mol. The quantitative estimate of drug-likeness (QED) is 0.406. The number of carbonyl (C=O) groups is 2. The molecule has 0 spiro atoms. The first-order valence-corrected chi connectivity index (χ1v) is 13.6. The van der Waals surface area contributed by atoms with Crippen molar-refractivity contribution in [2.24, 2.45) is 17.8 Å². The average Bonchev–Trinajstić information content (AvgIpc) is 3.63. The molecule has 4 N–H and O–H groups in total. The predicted molar refractivity (Wildman–Crippen MR) is 138 cm³/mol. The van der Waals surface area contributed by atoms with E-state index in [1.165, 1.54) is 37.3 Å². The topological polar surface area (TPSA) is 108 Å². The summed E-state index contributed by atoms with van der Waals surface area (Å²) in [6.07, 6.45) is 5.48. The van der Waals surface area contributed by atoms with Crippen molar-refractivity contribution >= 4 is 35.0 Å². The van der Waals surface area contributed by atoms with Gasteiger partial charge in [0.05, 0.1) is 12.7 Å². The van der Waals surface area contributed by atoms with E-state index in [-0.39, 0.29) is 22.8 Å². The normalized spacial score (nSPS) is 29.9. The summed E-state index contributed by atoms with van der Waals surface area (Å²) < 4.78 is 32.7. The molecule has 9 nitrogen and oxygen atoms in total. The highest BCUT2D eigenvalue weighted by Gasteiger charge is 2.44. The van der Waals surface area contributed by atoms with E-state index in [0.717, 1.165) is 25.7 Å². The first kappa shape index (κ1) is 25.2. The fourth-order valence-corrected chi connectivity index (χ4v) is 5.92. The smallest absolute Gasteiger partial charge is 0.261 e. The van der Waals surface area contributed by atoms with Crippen LogP contribution in [0.5, 0.6) is 0 Å². The largest absolute Gasteiger partial charge is 0.495 e. The third kappa shape index (κ3) is 4.98. The van der Waals surface area contributed by atoms with Gasteiger partial charge in [-0.3, -0.25) is 14.5 Å². The summed E-state index contributed by atoms with van der Waals surface area (Å²) in [5.74, 6) is 7.50. The number of pyridine rings is 1. The van der Waals surface area contributed by atoms with Crippen LogP contribution in [0.15, 0.2) is 30.3 Å². The molecule has 0 aromatic carbocycles. The molecule has 1 aromatic heterocycles. The van der Waals surface area contributed by atoms with E-state index < -0.39 is 23.9 Å². The van der Waals surface area contributed by atoms with Crippen LogP contribution in [0.1, 0.15) is 41.6 Å². The molecule has 0 radical (unpaired) electrons. The number of fused-ring (bicyclic) bond motifs is 2. The molecule has 200 valence electrons. The van der Waals surface area contributed by atoms with Crippen molar-refractivity contribution in [1.29, 1.82) is 0 Å². The van der Waals surface area contributed by atoms with Crippen molar-refractivity contribution in [2.75, 3.05) is 18.6 Å². The summed E-state index contributed by atoms with van der Waals surface area (Å²) >= 11 is 1.42. The molecule has 2 amide bonds. The van der Waals surface area contributed by atoms with Crippen LogP contribution in [-0.2, 0) is 9.53 Å². The van der Waals surface area contributed by atoms with Gasteiger partial charge < -0.3 is 15.4 Å². The molecule has 1 aromatic rings. The van der Waals surface area contributed by atoms with E-state index in [4.69, 9.17) is 4.74 Å². The molecule has 4 aliphatic heterocycles. The van der Waals surface area contributed by atoms with Crippen molar-refractivity contribution in [3.8, 4) is 11.8 Å². The van der Waals surface area contributed by atoms with Gasteiger partial charge in [-0.15, -0.1) is 0 Å². The minimum atomic E-state index is -2.67. The molecule has 7 rings (SSSR count). The van der Waals surface area contributed by atoms with Gasteiger partial charge in [0.15, 0.2) is 0 Å². The Bertz CT molecular complexity index is 1270. The lowest BCUT2D eigenvalue weighted by molar-refractivity contribution is -0.130. The fraction of sp³-hybridized carbons (Fsp3) is 0.500. The third-order valence-corrected chi connectivity index (χ3v) is 8.39. The second kappa shape index (κ2) is 10.2. The minimum absolute atomic E-state index is 0.00591. The molecule has 38 heavy (non-hydrogen) atoms. The highest BCUT2D eigenvalue weighted by atomic mass is 32.2. The SMILES string of the molecule is COC1=CNC(C(F)F)C=C1c1cc(N2CC3CC(C3)C2=O)ncc1C(=O)NC1NNC(C#CC2CC2)S1. The van der Waals surface area contributed by atoms with Gasteiger partial charge in [-0.1, -0.05) is 23.6 Å². The Morgan fingerprint density at radius 1 is 1.29 bits per heavy atom. The van der Waals surface area contributed by atoms with E-state index in [0.29, 0.717) is 41.1 Å². The first-order valence-electron chi connectivity index (χ1n) is 12.7. The number of dihydropyridines is 1. The Morgan fingerprint density at radius 2 is 2.11 bits per heavy atom. The molecule has 3 saturated heterocycles. The zero-order chi connectivity index (χ0) is 26.4. The maximum absolute atomic E-state index is 13.6. The van der Waals surface area contributed by atoms with E-state index in [1.807, 2.05) is 0 Å². The molecule has 3 unspecified atom stereocenters. The zero-order valence-electron chi connectivity index (χ0n) is 20.7. The number of piperidine rings is 2. The third-order valence-electron chi connectivity index (χ3n) is 7.38. The number of halogens is 2. The number of allylic oxidation sites excluding steroid dienone is 1. The van der Waals surface area contributed by atoms with Gasteiger partial charge in [0, 0.05) is 41.9 Å². The molecule has 5 fully saturated rings. The van der Waals surface area contributed by atoms with Gasteiger partial charge in [0.25, 0.3) is 12.3 Å². The fourth-order valence-electron chi connectivity index (χ4n) is 5.07. The molecular formula is C26H28F2N6O3S. The second-order valence-corrected chi connectivity index (χ2v) is 11.3. The summed E-state index contributed by atoms with van der Waals surface area (Å²) in [5, 5.41) is 5.36. The predicted octanol–water partition coefficient (Wildman–Crippen LogP) is 2.16. The van der Waals surface area contributed by atoms with Crippen LogP contribution in [-0.4, -0.2) is 53.8 Å². The maximum Gasteiger partial charge on any atom is 0.261 e. The van der Waals surface area contributed by atoms with Crippen LogP contribution in [0, 0.1) is 29.6 Å². The highest BCUT2D eigenvalue weighted by Crippen LogP contribution is 2.42. The van der Waals surface area contributed by atoms with E-state index in [2.05, 4.69) is 38.3 Å². The van der Waals surface area contributed by atoms with E-state index >= 15 is 0 Å². The van der Waals surface area contributed by atoms with Crippen molar-refractivity contribution in [1.82, 2.24) is 26.5 Å². The number of hydrazine groups is 1. The lowest BCUT2D eigenvalue weighted by Crippen LogP contribution is -2.53. The number of amides is 2. The number of nitrogens with zero attached hydrogens (tertiary/aromatic N) is 2. The number of ether oxygens (including phenoxy) is 1. The van der Waals surface area contributed by atoms with Crippen molar-refractivity contribution in [2.45, 2.75) is 49.0 Å². The molecule has 2 saturated carbocycles. The van der Waals surface area contributed by atoms with Gasteiger partial charge in [0.1, 0.15) is 28.5 Å². The number of thioether (sulfide) groups is 1. The Labute approximate surface area is 223 Å². The van der Waals surface area contributed by atoms with Gasteiger partial charge in [0.2, 0.25) is 5.91 Å². The number of anilines is 1. The molecule has 5 heterocycles. The van der Waals surface area contributed by atoms with Gasteiger partial charge in [-0.2, -0.15) is 0 Å². The Morgan fingerprint density at radius 3 is 2.82 bits per heavy atom. The van der Waals surface area contributed by atoms with Crippen molar-refractivity contribution < 1.29 is 23.1 Å². The highest BCUT2D eigenvalue weighted by molar-refractivity contribution is 8.00. The van der Waals surface area contributed by atoms with E-state index in [1.54, 1.807) is 11.0 Å². The Kier molecular flexibility index (Phi) is 6.75. The van der Waals surface area contributed by atoms with Crippen LogP contribution in [0.3, 0.4) is 0 Å². The van der Waals surface area contributed by atoms with Gasteiger partial charge in [-0.25, -0.2) is 24.6 Å². The van der Waals surface area contributed by atoms with Crippen molar-refractivity contribution in [3.63, 3.8) is 0 Å². The number of rotatable bonds is 6. The molecule has 12 heteroatoms. The number of carbonyl (C=O) groups excluding carboxylic acids is 2. The summed E-state index contributed by atoms with van der Waals surface area (Å²) in [6.45, 7) is 0.554. The van der Waals surface area contributed by atoms with Crippen LogP contribution in [0.25, 0.3) is 5.57 Å². The summed E-state index contributed by atoms with van der Waals surface area (Å²) in [6, 6.07) is 0.365. The Balaban J connectivity index is 1.30. The van der Waals surface area contributed by atoms with Gasteiger partial charge >= 0.3 is 0 Å². The maximum atomic E-state index is 13.6. The summed E-state index contributed by atoms with van der Waals surface area (Å²) in [4.78, 5) is 32.5. The van der Waals surface area contributed by atoms with Crippen LogP contribution in [0.4, 0.5) is 14.6 Å². The zero-order valence-corrected chi connectivity index (χ0v) is 21.5. The Hall–Kier alpha value is -3.14. The molecule has 6 aliphatic rings. The van der Waals surface area contributed by atoms with E-state index in [9.17, 15) is 18.4 Å². The number of methoxy groups -OCH3 is 1. The van der Waals surface area contributed by atoms with Crippen molar-refractivity contribution in [3.05, 3.63) is 41.4 Å². The van der Waals surface area contributed by atoms with Crippen LogP contribution in [0.2, 0.25) is 0 Å². The minimum Gasteiger partial charge on any atom is -0.495 e. The summed E-state index contributed by atoms with van der Waals surface area (Å²) in [7, 11) is 1.43. The van der Waals surface area contributed by atoms with Crippen LogP contribution >= 0.6 is 11.8 Å². The molecule has 2 bridgehead atoms.